The zero-order chi connectivity index (χ0) is 22.4. The van der Waals surface area contributed by atoms with E-state index in [4.69, 9.17) is 11.6 Å². The fourth-order valence-corrected chi connectivity index (χ4v) is 4.02. The van der Waals surface area contributed by atoms with Crippen molar-refractivity contribution < 1.29 is 26.3 Å². The Morgan fingerprint density at radius 3 is 2.03 bits per heavy atom. The Hall–Kier alpha value is -2.85. The number of aromatic nitrogens is 2. The molecule has 1 N–H and O–H groups in total. The lowest BCUT2D eigenvalue weighted by atomic mass is 10.1. The molecule has 11 heteroatoms. The second kappa shape index (κ2) is 7.69. The number of hydrogen-bond donors (Lipinski definition) is 1. The minimum atomic E-state index is -4.95. The van der Waals surface area contributed by atoms with Crippen molar-refractivity contribution in [2.45, 2.75) is 12.4 Å². The topological polar surface area (TPSA) is 37.8 Å². The number of hydrogen-bond acceptors (Lipinski definition) is 4. The van der Waals surface area contributed by atoms with Crippen LogP contribution < -0.4 is 5.32 Å². The van der Waals surface area contributed by atoms with E-state index in [1.165, 1.54) is 17.7 Å². The summed E-state index contributed by atoms with van der Waals surface area (Å²) in [4.78, 5) is 8.72. The van der Waals surface area contributed by atoms with Crippen molar-refractivity contribution in [1.29, 1.82) is 0 Å². The Kier molecular flexibility index (Phi) is 5.30. The van der Waals surface area contributed by atoms with Crippen LogP contribution in [0.2, 0.25) is 5.02 Å². The molecule has 0 radical (unpaired) electrons. The van der Waals surface area contributed by atoms with Gasteiger partial charge < -0.3 is 5.32 Å². The van der Waals surface area contributed by atoms with Crippen LogP contribution in [-0.4, -0.2) is 9.97 Å². The molecule has 0 amide bonds. The van der Waals surface area contributed by atoms with E-state index in [1.807, 2.05) is 0 Å². The fourth-order valence-electron chi connectivity index (χ4n) is 2.98. The highest BCUT2D eigenvalue weighted by atomic mass is 35.5. The van der Waals surface area contributed by atoms with Gasteiger partial charge in [0.05, 0.1) is 16.5 Å². The van der Waals surface area contributed by atoms with Crippen molar-refractivity contribution in [3.8, 4) is 11.1 Å². The fraction of sp³-hybridized carbons (Fsp3) is 0.100. The van der Waals surface area contributed by atoms with Crippen molar-refractivity contribution in [2.24, 2.45) is 0 Å². The quantitative estimate of drug-likeness (QED) is 0.308. The zero-order valence-corrected chi connectivity index (χ0v) is 16.7. The highest BCUT2D eigenvalue weighted by Crippen LogP contribution is 2.40. The van der Waals surface area contributed by atoms with Gasteiger partial charge in [0.1, 0.15) is 17.0 Å². The average Bonchev–Trinajstić information content (AvgIpc) is 3.12. The predicted octanol–water partition coefficient (Wildman–Crippen LogP) is 7.79. The summed E-state index contributed by atoms with van der Waals surface area (Å²) in [5.41, 5.74) is -1.82. The molecule has 4 rings (SSSR count). The van der Waals surface area contributed by atoms with Crippen LogP contribution in [0.3, 0.4) is 0 Å². The van der Waals surface area contributed by atoms with E-state index in [1.54, 1.807) is 29.6 Å². The zero-order valence-electron chi connectivity index (χ0n) is 15.1. The number of nitrogens with zero attached hydrogens (tertiary/aromatic N) is 2. The number of alkyl halides is 6. The van der Waals surface area contributed by atoms with Crippen molar-refractivity contribution in [1.82, 2.24) is 9.97 Å². The molecule has 0 unspecified atom stereocenters. The van der Waals surface area contributed by atoms with Crippen molar-refractivity contribution >= 4 is 44.7 Å². The van der Waals surface area contributed by atoms with Crippen molar-refractivity contribution in [3.63, 3.8) is 0 Å². The van der Waals surface area contributed by atoms with Crippen LogP contribution in [-0.2, 0) is 12.4 Å². The molecule has 0 bridgehead atoms. The first-order chi connectivity index (χ1) is 14.5. The number of anilines is 2. The molecule has 0 aliphatic carbocycles. The first-order valence-corrected chi connectivity index (χ1v) is 9.83. The smallest absolute Gasteiger partial charge is 0.340 e. The van der Waals surface area contributed by atoms with E-state index in [0.717, 1.165) is 5.56 Å². The van der Waals surface area contributed by atoms with Gasteiger partial charge in [0.15, 0.2) is 0 Å². The lowest BCUT2D eigenvalue weighted by Gasteiger charge is -2.15. The molecule has 2 heterocycles. The molecular formula is C20H10ClF6N3S. The first-order valence-electron chi connectivity index (χ1n) is 8.57. The van der Waals surface area contributed by atoms with E-state index in [9.17, 15) is 26.3 Å². The van der Waals surface area contributed by atoms with Crippen LogP contribution in [0.4, 0.5) is 37.8 Å². The molecule has 31 heavy (non-hydrogen) atoms. The highest BCUT2D eigenvalue weighted by molar-refractivity contribution is 7.17. The maximum atomic E-state index is 13.2. The molecule has 0 saturated heterocycles. The average molecular weight is 474 g/mol. The normalized spacial score (nSPS) is 12.4. The van der Waals surface area contributed by atoms with E-state index in [2.05, 4.69) is 15.3 Å². The summed E-state index contributed by atoms with van der Waals surface area (Å²) in [5.74, 6) is 0.0867. The minimum absolute atomic E-state index is 0.0739. The lowest BCUT2D eigenvalue weighted by molar-refractivity contribution is -0.143. The van der Waals surface area contributed by atoms with Crippen LogP contribution in [0, 0.1) is 0 Å². The van der Waals surface area contributed by atoms with Crippen molar-refractivity contribution in [2.75, 3.05) is 5.32 Å². The summed E-state index contributed by atoms with van der Waals surface area (Å²) >= 11 is 7.18. The highest BCUT2D eigenvalue weighted by Gasteiger charge is 2.37. The number of halogens is 7. The second-order valence-electron chi connectivity index (χ2n) is 6.48. The molecule has 0 aliphatic heterocycles. The number of fused-ring (bicyclic) bond motifs is 1. The summed E-state index contributed by atoms with van der Waals surface area (Å²) in [6, 6.07) is 8.11. The van der Waals surface area contributed by atoms with Gasteiger partial charge in [0, 0.05) is 21.7 Å². The Morgan fingerprint density at radius 1 is 0.839 bits per heavy atom. The van der Waals surface area contributed by atoms with E-state index in [-0.39, 0.29) is 11.9 Å². The Bertz CT molecular complexity index is 1220. The van der Waals surface area contributed by atoms with Crippen LogP contribution in [0.1, 0.15) is 11.1 Å². The number of rotatable bonds is 3. The van der Waals surface area contributed by atoms with E-state index in [0.29, 0.717) is 32.9 Å². The van der Waals surface area contributed by atoms with Gasteiger partial charge in [-0.1, -0.05) is 23.7 Å². The molecule has 0 fully saturated rings. The van der Waals surface area contributed by atoms with Gasteiger partial charge in [-0.2, -0.15) is 26.3 Å². The standard InChI is InChI=1S/C20H10ClF6N3S/c21-13-3-1-10(2-4-13)15-8-31-18-16(15)17(28-9-29-18)30-14-6-11(19(22,23)24)5-12(7-14)20(25,26)27/h1-9H,(H,28,29,30). The van der Waals surface area contributed by atoms with Crippen LogP contribution in [0.25, 0.3) is 21.3 Å². The third-order valence-electron chi connectivity index (χ3n) is 4.38. The first kappa shape index (κ1) is 21.4. The van der Waals surface area contributed by atoms with Crippen LogP contribution in [0.15, 0.2) is 54.2 Å². The van der Waals surface area contributed by atoms with Gasteiger partial charge in [-0.15, -0.1) is 11.3 Å². The largest absolute Gasteiger partial charge is 0.416 e. The summed E-state index contributed by atoms with van der Waals surface area (Å²) in [5, 5.41) is 5.38. The monoisotopic (exact) mass is 473 g/mol. The van der Waals surface area contributed by atoms with Crippen molar-refractivity contribution in [3.05, 3.63) is 70.3 Å². The maximum Gasteiger partial charge on any atom is 0.416 e. The SMILES string of the molecule is FC(F)(F)c1cc(Nc2ncnc3scc(-c4ccc(Cl)cc4)c23)cc(C(F)(F)F)c1. The van der Waals surface area contributed by atoms with E-state index < -0.39 is 29.2 Å². The molecule has 160 valence electrons. The predicted molar refractivity (Wildman–Crippen MR) is 108 cm³/mol. The van der Waals surface area contributed by atoms with Gasteiger partial charge >= 0.3 is 12.4 Å². The van der Waals surface area contributed by atoms with Gasteiger partial charge in [-0.3, -0.25) is 0 Å². The maximum absolute atomic E-state index is 13.2. The number of nitrogens with one attached hydrogen (secondary N) is 1. The van der Waals surface area contributed by atoms with Crippen LogP contribution in [0.5, 0.6) is 0 Å². The molecular weight excluding hydrogens is 464 g/mol. The molecule has 2 aromatic carbocycles. The Morgan fingerprint density at radius 2 is 1.45 bits per heavy atom. The minimum Gasteiger partial charge on any atom is -0.340 e. The summed E-state index contributed by atoms with van der Waals surface area (Å²) in [7, 11) is 0. The van der Waals surface area contributed by atoms with Crippen LogP contribution >= 0.6 is 22.9 Å². The van der Waals surface area contributed by atoms with Gasteiger partial charge in [-0.05, 0) is 35.9 Å². The molecule has 0 saturated carbocycles. The number of benzene rings is 2. The summed E-state index contributed by atoms with van der Waals surface area (Å²) in [6.07, 6.45) is -8.71. The van der Waals surface area contributed by atoms with Gasteiger partial charge in [0.25, 0.3) is 0 Å². The summed E-state index contributed by atoms with van der Waals surface area (Å²) < 4.78 is 79.0. The lowest BCUT2D eigenvalue weighted by Crippen LogP contribution is -2.11. The molecule has 2 aromatic heterocycles. The Balaban J connectivity index is 1.84. The Labute approximate surface area is 180 Å². The summed E-state index contributed by atoms with van der Waals surface area (Å²) in [6.45, 7) is 0. The molecule has 0 atom stereocenters. The van der Waals surface area contributed by atoms with Gasteiger partial charge in [0.2, 0.25) is 0 Å². The second-order valence-corrected chi connectivity index (χ2v) is 7.77. The third-order valence-corrected chi connectivity index (χ3v) is 5.51. The molecule has 4 aromatic rings. The van der Waals surface area contributed by atoms with E-state index >= 15 is 0 Å². The third kappa shape index (κ3) is 4.45. The molecule has 0 spiro atoms. The molecule has 3 nitrogen and oxygen atoms in total. The molecule has 0 aliphatic rings. The number of thiophene rings is 1. The van der Waals surface area contributed by atoms with Gasteiger partial charge in [-0.25, -0.2) is 9.97 Å².